The lowest BCUT2D eigenvalue weighted by molar-refractivity contribution is 0.0516. The Morgan fingerprint density at radius 3 is 1.46 bits per heavy atom. The fourth-order valence-electron chi connectivity index (χ4n) is 2.50. The zero-order chi connectivity index (χ0) is 31.8. The molecule has 0 fully saturated rings. The van der Waals surface area contributed by atoms with Gasteiger partial charge in [-0.25, -0.2) is 35.9 Å². The smallest absolute Gasteiger partial charge is 0.429 e. The Morgan fingerprint density at radius 1 is 0.756 bits per heavy atom. The van der Waals surface area contributed by atoms with Gasteiger partial charge in [0.1, 0.15) is 11.2 Å². The van der Waals surface area contributed by atoms with Crippen molar-refractivity contribution in [2.75, 3.05) is 18.2 Å². The number of carbonyl (C=O) groups excluding carboxylic acids is 4. The second-order valence-electron chi connectivity index (χ2n) is 9.99. The Morgan fingerprint density at radius 2 is 1.15 bits per heavy atom. The van der Waals surface area contributed by atoms with E-state index in [1.54, 1.807) is 79.7 Å². The number of rotatable bonds is 5. The molecule has 228 valence electrons. The van der Waals surface area contributed by atoms with Crippen molar-refractivity contribution in [1.29, 1.82) is 0 Å². The summed E-state index contributed by atoms with van der Waals surface area (Å²) in [4.78, 5) is 44.7. The number of nitrogens with one attached hydrogen (secondary N) is 1. The molecule has 0 aromatic heterocycles. The highest BCUT2D eigenvalue weighted by molar-refractivity contribution is 9.10. The highest BCUT2D eigenvalue weighted by Gasteiger charge is 2.21. The topological polar surface area (TPSA) is 173 Å². The number of benzene rings is 2. The summed E-state index contributed by atoms with van der Waals surface area (Å²) in [6, 6.07) is 13.3. The van der Waals surface area contributed by atoms with Gasteiger partial charge in [0.2, 0.25) is 0 Å². The summed E-state index contributed by atoms with van der Waals surface area (Å²) in [5, 5.41) is 0.889. The number of hydrazine groups is 2. The summed E-state index contributed by atoms with van der Waals surface area (Å²) in [5.74, 6) is 9.74. The maximum absolute atomic E-state index is 11.8. The lowest BCUT2D eigenvalue weighted by Crippen LogP contribution is -2.41. The van der Waals surface area contributed by atoms with Crippen LogP contribution in [0.15, 0.2) is 53.0 Å². The van der Waals surface area contributed by atoms with Gasteiger partial charge in [0, 0.05) is 4.47 Å². The van der Waals surface area contributed by atoms with Crippen LogP contribution in [0.25, 0.3) is 0 Å². The molecule has 0 saturated carbocycles. The van der Waals surface area contributed by atoms with Crippen molar-refractivity contribution < 1.29 is 38.1 Å². The van der Waals surface area contributed by atoms with Gasteiger partial charge >= 0.3 is 24.1 Å². The second kappa shape index (κ2) is 17.9. The molecule has 5 N–H and O–H groups in total. The number of halogens is 1. The molecule has 13 heteroatoms. The van der Waals surface area contributed by atoms with Crippen LogP contribution in [0.4, 0.5) is 15.3 Å². The SMILES string of the molecule is CC(C)(C)OC(=O)NN.CCOC(=O)c1ccc(Br)cc1.CCOC(=O)c1ccc(N(N)C(=O)OC(C)(C)C)cc1. The summed E-state index contributed by atoms with van der Waals surface area (Å²) >= 11 is 3.28. The van der Waals surface area contributed by atoms with Crippen LogP contribution in [-0.4, -0.2) is 48.5 Å². The number of carbonyl (C=O) groups is 4. The normalized spacial score (nSPS) is 10.4. The standard InChI is InChI=1S/C14H20N2O4.C9H9BrO2.C5H12N2O2/c1-5-19-12(17)10-6-8-11(9-7-10)16(15)13(18)20-14(2,3)4;1-2-12-9(11)7-3-5-8(10)6-4-7;1-5(2,3)9-4(8)7-6/h6-9H,5,15H2,1-4H3;3-6H,2H2,1H3;6H2,1-3H3,(H,7,8). The lowest BCUT2D eigenvalue weighted by Gasteiger charge is -2.24. The lowest BCUT2D eigenvalue weighted by atomic mass is 10.2. The van der Waals surface area contributed by atoms with Crippen molar-refractivity contribution in [2.24, 2.45) is 11.7 Å². The molecular formula is C28H41BrN4O8. The molecule has 0 aliphatic rings. The molecule has 0 radical (unpaired) electrons. The number of anilines is 1. The first kappa shape index (κ1) is 37.3. The van der Waals surface area contributed by atoms with Crippen molar-refractivity contribution in [3.05, 3.63) is 64.1 Å². The van der Waals surface area contributed by atoms with Gasteiger partial charge in [-0.05, 0) is 104 Å². The van der Waals surface area contributed by atoms with Crippen LogP contribution in [0, 0.1) is 0 Å². The van der Waals surface area contributed by atoms with Gasteiger partial charge in [-0.3, -0.25) is 5.43 Å². The molecule has 0 bridgehead atoms. The zero-order valence-corrected chi connectivity index (χ0v) is 26.4. The maximum atomic E-state index is 11.8. The van der Waals surface area contributed by atoms with E-state index in [0.29, 0.717) is 30.0 Å². The van der Waals surface area contributed by atoms with Gasteiger partial charge in [0.15, 0.2) is 0 Å². The van der Waals surface area contributed by atoms with E-state index in [0.717, 1.165) is 9.48 Å². The molecule has 2 amide bonds. The van der Waals surface area contributed by atoms with E-state index in [-0.39, 0.29) is 5.97 Å². The second-order valence-corrected chi connectivity index (χ2v) is 10.9. The van der Waals surface area contributed by atoms with Gasteiger partial charge in [-0.2, -0.15) is 0 Å². The van der Waals surface area contributed by atoms with Crippen LogP contribution in [-0.2, 0) is 18.9 Å². The molecular weight excluding hydrogens is 600 g/mol. The molecule has 2 rings (SSSR count). The van der Waals surface area contributed by atoms with Crippen LogP contribution in [0.3, 0.4) is 0 Å². The number of amides is 2. The molecule has 41 heavy (non-hydrogen) atoms. The summed E-state index contributed by atoms with van der Waals surface area (Å²) in [6.07, 6.45) is -1.27. The van der Waals surface area contributed by atoms with E-state index < -0.39 is 29.4 Å². The molecule has 0 atom stereocenters. The number of hydrogen-bond acceptors (Lipinski definition) is 10. The molecule has 2 aromatic rings. The van der Waals surface area contributed by atoms with Gasteiger partial charge in [-0.1, -0.05) is 15.9 Å². The van der Waals surface area contributed by atoms with Crippen LogP contribution in [0.1, 0.15) is 76.1 Å². The average molecular weight is 642 g/mol. The first-order chi connectivity index (χ1) is 18.9. The maximum Gasteiger partial charge on any atom is 0.429 e. The van der Waals surface area contributed by atoms with E-state index in [2.05, 4.69) is 15.9 Å². The third-order valence-corrected chi connectivity index (χ3v) is 4.65. The van der Waals surface area contributed by atoms with E-state index in [4.69, 9.17) is 30.6 Å². The summed E-state index contributed by atoms with van der Waals surface area (Å²) in [5.41, 5.74) is 2.17. The van der Waals surface area contributed by atoms with Gasteiger partial charge in [0.05, 0.1) is 30.0 Å². The van der Waals surface area contributed by atoms with Crippen LogP contribution in [0.2, 0.25) is 0 Å². The molecule has 0 unspecified atom stereocenters. The first-order valence-corrected chi connectivity index (χ1v) is 13.4. The minimum absolute atomic E-state index is 0.273. The predicted molar refractivity (Wildman–Crippen MR) is 159 cm³/mol. The average Bonchev–Trinajstić information content (AvgIpc) is 2.88. The van der Waals surface area contributed by atoms with Crippen LogP contribution < -0.4 is 22.1 Å². The predicted octanol–water partition coefficient (Wildman–Crippen LogP) is 5.49. The van der Waals surface area contributed by atoms with E-state index in [1.165, 1.54) is 12.1 Å². The van der Waals surface area contributed by atoms with Crippen molar-refractivity contribution in [1.82, 2.24) is 5.43 Å². The van der Waals surface area contributed by atoms with E-state index in [1.807, 2.05) is 17.6 Å². The third-order valence-electron chi connectivity index (χ3n) is 4.12. The van der Waals surface area contributed by atoms with Crippen molar-refractivity contribution in [2.45, 2.75) is 66.6 Å². The quantitative estimate of drug-likeness (QED) is 0.125. The van der Waals surface area contributed by atoms with E-state index in [9.17, 15) is 19.2 Å². The van der Waals surface area contributed by atoms with Gasteiger partial charge < -0.3 is 18.9 Å². The number of esters is 2. The number of nitrogens with zero attached hydrogens (tertiary/aromatic N) is 1. The van der Waals surface area contributed by atoms with Crippen molar-refractivity contribution in [3.63, 3.8) is 0 Å². The number of hydrogen-bond donors (Lipinski definition) is 3. The van der Waals surface area contributed by atoms with Crippen LogP contribution >= 0.6 is 15.9 Å². The molecule has 0 saturated heterocycles. The number of nitrogens with two attached hydrogens (primary N) is 2. The van der Waals surface area contributed by atoms with Gasteiger partial charge in [0.25, 0.3) is 0 Å². The highest BCUT2D eigenvalue weighted by atomic mass is 79.9. The fourth-order valence-corrected chi connectivity index (χ4v) is 2.76. The monoisotopic (exact) mass is 640 g/mol. The Bertz CT molecular complexity index is 1110. The largest absolute Gasteiger partial charge is 0.462 e. The minimum Gasteiger partial charge on any atom is -0.462 e. The third kappa shape index (κ3) is 16.9. The highest BCUT2D eigenvalue weighted by Crippen LogP contribution is 2.17. The summed E-state index contributed by atoms with van der Waals surface area (Å²) < 4.78 is 20.5. The fraction of sp³-hybridized carbons (Fsp3) is 0.429. The molecule has 0 aliphatic heterocycles. The van der Waals surface area contributed by atoms with Crippen LogP contribution in [0.5, 0.6) is 0 Å². The Labute approximate surface area is 249 Å². The van der Waals surface area contributed by atoms with Gasteiger partial charge in [-0.15, -0.1) is 0 Å². The summed E-state index contributed by atoms with van der Waals surface area (Å²) in [6.45, 7) is 14.8. The Hall–Kier alpha value is -3.68. The van der Waals surface area contributed by atoms with E-state index >= 15 is 0 Å². The Kier molecular flexibility index (Phi) is 16.3. The Balaban J connectivity index is 0.000000646. The van der Waals surface area contributed by atoms with Crippen molar-refractivity contribution in [3.8, 4) is 0 Å². The molecule has 2 aromatic carbocycles. The molecule has 12 nitrogen and oxygen atoms in total. The molecule has 0 aliphatic carbocycles. The number of ether oxygens (including phenoxy) is 4. The summed E-state index contributed by atoms with van der Waals surface area (Å²) in [7, 11) is 0. The molecule has 0 heterocycles. The minimum atomic E-state index is -0.665. The molecule has 0 spiro atoms. The first-order valence-electron chi connectivity index (χ1n) is 12.6. The zero-order valence-electron chi connectivity index (χ0n) is 24.8. The van der Waals surface area contributed by atoms with Crippen molar-refractivity contribution >= 4 is 45.7 Å².